The van der Waals surface area contributed by atoms with E-state index >= 15 is 0 Å². The highest BCUT2D eigenvalue weighted by atomic mass is 32.3. The third-order valence-electron chi connectivity index (χ3n) is 9.41. The minimum atomic E-state index is -6.97. The summed E-state index contributed by atoms with van der Waals surface area (Å²) >= 11 is 0. The summed E-state index contributed by atoms with van der Waals surface area (Å²) in [6, 6.07) is 9.27. The molecule has 4 heterocycles. The Bertz CT molecular complexity index is 2160. The van der Waals surface area contributed by atoms with Crippen LogP contribution in [0, 0.1) is 0 Å². The normalized spacial score (nSPS) is 28.7. The number of nitrogens with zero attached hydrogens (tertiary/aromatic N) is 2. The third kappa shape index (κ3) is 6.10. The SMILES string of the molecule is O=S1(=O)N(CCC2(c3ccc(Oc4ccc(C5(CCN6S(=O)(=O)C(F)(F)C(F)(F)C(F)(F)S6(=O)=O)OCCO5)cc4)cc3)OCCO2)S(=O)(=O)C(F)(F)C(F)(F)C1(F)F. The van der Waals surface area contributed by atoms with E-state index in [1.165, 1.54) is 24.3 Å². The molecule has 4 aliphatic heterocycles. The average Bonchev–Trinajstić information content (AvgIpc) is 3.82. The molecule has 0 amide bonds. The summed E-state index contributed by atoms with van der Waals surface area (Å²) in [6.07, 6.45) is -2.21. The van der Waals surface area contributed by atoms with Crippen LogP contribution in [0.2, 0.25) is 0 Å². The molecule has 4 fully saturated rings. The van der Waals surface area contributed by atoms with E-state index in [1.807, 2.05) is 0 Å². The van der Waals surface area contributed by atoms with E-state index in [0.717, 1.165) is 24.3 Å². The number of hydrogen-bond donors (Lipinski definition) is 0. The van der Waals surface area contributed by atoms with Crippen LogP contribution in [0.25, 0.3) is 0 Å². The van der Waals surface area contributed by atoms with E-state index in [2.05, 4.69) is 0 Å². The molecule has 4 saturated heterocycles. The zero-order chi connectivity index (χ0) is 44.3. The highest BCUT2D eigenvalue weighted by molar-refractivity contribution is 8.06. The van der Waals surface area contributed by atoms with Crippen molar-refractivity contribution < 1.29 is 110 Å². The summed E-state index contributed by atoms with van der Waals surface area (Å²) in [6.45, 7) is -4.71. The predicted molar refractivity (Wildman–Crippen MR) is 168 cm³/mol. The van der Waals surface area contributed by atoms with Crippen molar-refractivity contribution in [1.82, 2.24) is 7.42 Å². The summed E-state index contributed by atoms with van der Waals surface area (Å²) < 4.78 is 292. The minimum absolute atomic E-state index is 0.0420. The van der Waals surface area contributed by atoms with E-state index in [9.17, 15) is 86.4 Å². The maximum absolute atomic E-state index is 14.2. The molecule has 0 radical (unpaired) electrons. The van der Waals surface area contributed by atoms with Crippen molar-refractivity contribution in [3.8, 4) is 11.5 Å². The smallest absolute Gasteiger partial charge is 0.429 e. The second-order valence-corrected chi connectivity index (χ2v) is 20.9. The first-order chi connectivity index (χ1) is 26.8. The summed E-state index contributed by atoms with van der Waals surface area (Å²) in [5, 5.41) is -26.2. The van der Waals surface area contributed by atoms with Crippen LogP contribution < -0.4 is 4.74 Å². The van der Waals surface area contributed by atoms with E-state index in [-0.39, 0.29) is 49.1 Å². The fraction of sp³-hybridized carbons (Fsp3) is 0.571. The molecule has 332 valence electrons. The molecule has 2 aromatic carbocycles. The molecule has 0 aromatic heterocycles. The largest absolute Gasteiger partial charge is 0.457 e. The maximum atomic E-state index is 14.2. The van der Waals surface area contributed by atoms with Crippen molar-refractivity contribution >= 4 is 40.1 Å². The van der Waals surface area contributed by atoms with Gasteiger partial charge in [0.1, 0.15) is 11.5 Å². The molecule has 0 spiro atoms. The van der Waals surface area contributed by atoms with Crippen LogP contribution in [0.3, 0.4) is 0 Å². The summed E-state index contributed by atoms with van der Waals surface area (Å²) in [7, 11) is -27.9. The Hall–Kier alpha value is -3.04. The van der Waals surface area contributed by atoms with E-state index in [4.69, 9.17) is 23.7 Å². The Labute approximate surface area is 324 Å². The van der Waals surface area contributed by atoms with Gasteiger partial charge in [0.25, 0.3) is 40.1 Å². The highest BCUT2D eigenvalue weighted by Gasteiger charge is 2.89. The lowest BCUT2D eigenvalue weighted by molar-refractivity contribution is -0.249. The maximum Gasteiger partial charge on any atom is 0.429 e. The number of alkyl halides is 12. The molecule has 0 N–H and O–H groups in total. The van der Waals surface area contributed by atoms with Crippen molar-refractivity contribution in [2.24, 2.45) is 0 Å². The van der Waals surface area contributed by atoms with Crippen LogP contribution in [-0.4, -0.2) is 113 Å². The lowest BCUT2D eigenvalue weighted by Crippen LogP contribution is -2.71. The Kier molecular flexibility index (Phi) is 10.6. The number of sulfonamides is 4. The molecule has 15 nitrogen and oxygen atoms in total. The van der Waals surface area contributed by atoms with Crippen LogP contribution >= 0.6 is 0 Å². The molecule has 4 aliphatic rings. The lowest BCUT2D eigenvalue weighted by atomic mass is 10.0. The molecule has 0 aliphatic carbocycles. The second kappa shape index (κ2) is 13.7. The summed E-state index contributed by atoms with van der Waals surface area (Å²) in [5.74, 6) is -18.2. The quantitative estimate of drug-likeness (QED) is 0.308. The van der Waals surface area contributed by atoms with Crippen molar-refractivity contribution in [2.75, 3.05) is 39.5 Å². The van der Waals surface area contributed by atoms with Gasteiger partial charge in [0.05, 0.1) is 26.4 Å². The standard InChI is InChI=1S/C28H24F12N2O13S4/c29-23(30)25(33,34)56(43,44)41(57(45,46)26(23,35)36)11-9-21(51-13-14-52-21)17-1-5-19(6-2-17)55-20-7-3-18(4-8-20)22(53-15-16-54-22)10-12-42-58(47,48)27(37,38)24(31,32)28(39,40)59(42,49)50/h1-8H,9-16H2. The lowest BCUT2D eigenvalue weighted by Gasteiger charge is -2.41. The molecule has 59 heavy (non-hydrogen) atoms. The van der Waals surface area contributed by atoms with Gasteiger partial charge in [-0.1, -0.05) is 7.42 Å². The second-order valence-electron chi connectivity index (χ2n) is 12.8. The first kappa shape index (κ1) is 45.5. The van der Waals surface area contributed by atoms with Crippen LogP contribution in [-0.2, 0) is 70.6 Å². The molecule has 0 atom stereocenters. The molecular weight excluding hydrogens is 929 g/mol. The van der Waals surface area contributed by atoms with Gasteiger partial charge in [-0.2, -0.15) is 52.7 Å². The number of rotatable bonds is 10. The molecular formula is C28H24F12N2O13S4. The van der Waals surface area contributed by atoms with Gasteiger partial charge in [0.15, 0.2) is 11.6 Å². The van der Waals surface area contributed by atoms with Crippen molar-refractivity contribution in [3.05, 3.63) is 59.7 Å². The van der Waals surface area contributed by atoms with Crippen LogP contribution in [0.5, 0.6) is 11.5 Å². The van der Waals surface area contributed by atoms with Crippen LogP contribution in [0.4, 0.5) is 52.7 Å². The fourth-order valence-electron chi connectivity index (χ4n) is 6.22. The molecule has 6 rings (SSSR count). The van der Waals surface area contributed by atoms with Crippen molar-refractivity contribution in [2.45, 2.75) is 57.3 Å². The summed E-state index contributed by atoms with van der Waals surface area (Å²) in [4.78, 5) is 0. The van der Waals surface area contributed by atoms with E-state index in [0.29, 0.717) is 0 Å². The van der Waals surface area contributed by atoms with Gasteiger partial charge < -0.3 is 23.7 Å². The Morgan fingerprint density at radius 1 is 0.441 bits per heavy atom. The zero-order valence-corrected chi connectivity index (χ0v) is 31.9. The number of hydrogen-bond acceptors (Lipinski definition) is 13. The first-order valence-electron chi connectivity index (χ1n) is 16.0. The Balaban J connectivity index is 1.18. The predicted octanol–water partition coefficient (Wildman–Crippen LogP) is 4.25. The first-order valence-corrected chi connectivity index (χ1v) is 21.8. The molecule has 0 unspecified atom stereocenters. The van der Waals surface area contributed by atoms with Gasteiger partial charge >= 0.3 is 32.9 Å². The third-order valence-corrected chi connectivity index (χ3v) is 18.3. The highest BCUT2D eigenvalue weighted by Crippen LogP contribution is 2.59. The minimum Gasteiger partial charge on any atom is -0.457 e. The molecule has 0 bridgehead atoms. The molecule has 2 aromatic rings. The average molecular weight is 953 g/mol. The van der Waals surface area contributed by atoms with Crippen LogP contribution in [0.1, 0.15) is 24.0 Å². The van der Waals surface area contributed by atoms with Crippen LogP contribution in [0.15, 0.2) is 48.5 Å². The monoisotopic (exact) mass is 952 g/mol. The summed E-state index contributed by atoms with van der Waals surface area (Å²) in [5.41, 5.74) is -0.217. The van der Waals surface area contributed by atoms with Gasteiger partial charge in [0.2, 0.25) is 0 Å². The number of benzene rings is 2. The Morgan fingerprint density at radius 3 is 0.915 bits per heavy atom. The number of halogens is 12. The van der Waals surface area contributed by atoms with Gasteiger partial charge in [-0.15, -0.1) is 0 Å². The fourth-order valence-corrected chi connectivity index (χ4v) is 13.7. The van der Waals surface area contributed by atoms with E-state index in [1.54, 1.807) is 0 Å². The number of ether oxygens (including phenoxy) is 5. The Morgan fingerprint density at radius 2 is 0.678 bits per heavy atom. The van der Waals surface area contributed by atoms with E-state index < -0.39 is 118 Å². The topological polar surface area (TPSA) is 189 Å². The van der Waals surface area contributed by atoms with Crippen molar-refractivity contribution in [1.29, 1.82) is 0 Å². The van der Waals surface area contributed by atoms with Crippen molar-refractivity contribution in [3.63, 3.8) is 0 Å². The van der Waals surface area contributed by atoms with Gasteiger partial charge in [0, 0.05) is 37.1 Å². The molecule has 0 saturated carbocycles. The van der Waals surface area contributed by atoms with Gasteiger partial charge in [-0.25, -0.2) is 33.7 Å². The zero-order valence-electron chi connectivity index (χ0n) is 28.6. The van der Waals surface area contributed by atoms with Gasteiger partial charge in [-0.05, 0) is 48.5 Å². The molecule has 31 heteroatoms. The van der Waals surface area contributed by atoms with Gasteiger partial charge in [-0.3, -0.25) is 0 Å².